The Hall–Kier alpha value is -3.15. The molecule has 0 saturated carbocycles. The van der Waals surface area contributed by atoms with E-state index in [4.69, 9.17) is 31.0 Å². The fourth-order valence-corrected chi connectivity index (χ4v) is 5.44. The van der Waals surface area contributed by atoms with Crippen LogP contribution in [0.3, 0.4) is 0 Å². The molecule has 2 fully saturated rings. The predicted octanol–water partition coefficient (Wildman–Crippen LogP) is 2.47. The highest BCUT2D eigenvalue weighted by atomic mass is 35.5. The van der Waals surface area contributed by atoms with Crippen molar-refractivity contribution in [1.82, 2.24) is 19.8 Å². The Labute approximate surface area is 232 Å². The van der Waals surface area contributed by atoms with Gasteiger partial charge in [-0.15, -0.1) is 0 Å². The molecule has 210 valence electrons. The zero-order chi connectivity index (χ0) is 27.2. The Morgan fingerprint density at radius 3 is 2.64 bits per heavy atom. The summed E-state index contributed by atoms with van der Waals surface area (Å²) in [5, 5.41) is 9.90. The minimum atomic E-state index is -0.564. The minimum Gasteiger partial charge on any atom is -0.508 e. The molecule has 4 heterocycles. The molecular formula is C27H34ClFN6O4. The van der Waals surface area contributed by atoms with Crippen molar-refractivity contribution in [3.8, 4) is 11.8 Å². The molecule has 0 amide bonds. The lowest BCUT2D eigenvalue weighted by Crippen LogP contribution is -2.45. The Balaban J connectivity index is 1.34. The fourth-order valence-electron chi connectivity index (χ4n) is 5.23. The van der Waals surface area contributed by atoms with Crippen LogP contribution in [-0.4, -0.2) is 103 Å². The third-order valence-corrected chi connectivity index (χ3v) is 7.58. The number of carbonyl (C=O) groups excluding carboxylic acids is 1. The number of aldehydes is 1. The van der Waals surface area contributed by atoms with Crippen LogP contribution in [0.1, 0.15) is 17.7 Å². The van der Waals surface area contributed by atoms with E-state index in [1.54, 1.807) is 0 Å². The maximum absolute atomic E-state index is 14.9. The molecule has 5 rings (SSSR count). The van der Waals surface area contributed by atoms with Crippen LogP contribution in [-0.2, 0) is 22.5 Å². The molecule has 0 aliphatic carbocycles. The largest absolute Gasteiger partial charge is 0.508 e. The van der Waals surface area contributed by atoms with E-state index in [9.17, 15) is 14.3 Å². The van der Waals surface area contributed by atoms with Gasteiger partial charge in [0.05, 0.1) is 42.8 Å². The van der Waals surface area contributed by atoms with E-state index in [2.05, 4.69) is 14.7 Å². The molecule has 0 atom stereocenters. The van der Waals surface area contributed by atoms with E-state index in [1.807, 2.05) is 11.1 Å². The van der Waals surface area contributed by atoms with Crippen molar-refractivity contribution in [2.45, 2.75) is 19.4 Å². The van der Waals surface area contributed by atoms with Gasteiger partial charge in [-0.1, -0.05) is 11.6 Å². The third-order valence-electron chi connectivity index (χ3n) is 7.30. The van der Waals surface area contributed by atoms with Crippen LogP contribution in [0.5, 0.6) is 11.8 Å². The number of fused-ring (bicyclic) bond motifs is 1. The number of hydrogen-bond donors (Lipinski definition) is 1. The maximum Gasteiger partial charge on any atom is 0.318 e. The number of aromatic nitrogens is 2. The SMILES string of the molecule is O=CC=CN1CCN(c2nc(OCCCN3CCOCC3)nc3c2CCN(c2cc(O)cc(Cl)c2F)C3)CC1. The fraction of sp³-hybridized carbons (Fsp3) is 0.519. The summed E-state index contributed by atoms with van der Waals surface area (Å²) >= 11 is 6.01. The summed E-state index contributed by atoms with van der Waals surface area (Å²) in [6.07, 6.45) is 5.56. The molecule has 12 heteroatoms. The van der Waals surface area contributed by atoms with Crippen molar-refractivity contribution >= 4 is 29.4 Å². The molecule has 0 spiro atoms. The van der Waals surface area contributed by atoms with E-state index in [0.29, 0.717) is 32.1 Å². The van der Waals surface area contributed by atoms with E-state index in [-0.39, 0.29) is 16.5 Å². The molecule has 3 aliphatic rings. The number of rotatable bonds is 9. The maximum atomic E-state index is 14.9. The van der Waals surface area contributed by atoms with Gasteiger partial charge in [0, 0.05) is 76.3 Å². The van der Waals surface area contributed by atoms with Crippen LogP contribution >= 0.6 is 11.6 Å². The first-order valence-corrected chi connectivity index (χ1v) is 13.8. The smallest absolute Gasteiger partial charge is 0.318 e. The number of aromatic hydroxyl groups is 1. The first-order chi connectivity index (χ1) is 19.0. The Bertz CT molecular complexity index is 1190. The summed E-state index contributed by atoms with van der Waals surface area (Å²) in [6, 6.07) is 2.90. The lowest BCUT2D eigenvalue weighted by Gasteiger charge is -2.38. The van der Waals surface area contributed by atoms with Gasteiger partial charge in [-0.2, -0.15) is 9.97 Å². The number of phenols is 1. The third kappa shape index (κ3) is 6.71. The van der Waals surface area contributed by atoms with Crippen molar-refractivity contribution in [3.63, 3.8) is 0 Å². The average Bonchev–Trinajstić information content (AvgIpc) is 2.96. The normalized spacial score (nSPS) is 18.5. The number of hydrogen-bond acceptors (Lipinski definition) is 10. The molecular weight excluding hydrogens is 527 g/mol. The monoisotopic (exact) mass is 560 g/mol. The second-order valence-corrected chi connectivity index (χ2v) is 10.3. The first-order valence-electron chi connectivity index (χ1n) is 13.4. The number of allylic oxidation sites excluding steroid dienone is 1. The van der Waals surface area contributed by atoms with Gasteiger partial charge in [0.1, 0.15) is 17.9 Å². The Morgan fingerprint density at radius 2 is 1.87 bits per heavy atom. The highest BCUT2D eigenvalue weighted by molar-refractivity contribution is 6.31. The number of anilines is 2. The van der Waals surface area contributed by atoms with Gasteiger partial charge in [-0.25, -0.2) is 4.39 Å². The predicted molar refractivity (Wildman–Crippen MR) is 146 cm³/mol. The van der Waals surface area contributed by atoms with Gasteiger partial charge in [0.2, 0.25) is 0 Å². The highest BCUT2D eigenvalue weighted by Crippen LogP contribution is 2.35. The number of carbonyl (C=O) groups is 1. The number of morpholine rings is 1. The van der Waals surface area contributed by atoms with Crippen LogP contribution in [0, 0.1) is 5.82 Å². The molecule has 2 aromatic rings. The molecule has 1 aromatic carbocycles. The second-order valence-electron chi connectivity index (χ2n) is 9.84. The molecule has 39 heavy (non-hydrogen) atoms. The van der Waals surface area contributed by atoms with Crippen LogP contribution < -0.4 is 14.5 Å². The summed E-state index contributed by atoms with van der Waals surface area (Å²) in [5.74, 6) is 0.193. The number of nitrogens with zero attached hydrogens (tertiary/aromatic N) is 6. The topological polar surface area (TPSA) is 94.5 Å². The number of halogens is 2. The molecule has 10 nitrogen and oxygen atoms in total. The average molecular weight is 561 g/mol. The summed E-state index contributed by atoms with van der Waals surface area (Å²) in [4.78, 5) is 28.8. The van der Waals surface area contributed by atoms with E-state index >= 15 is 0 Å². The molecule has 0 bridgehead atoms. The summed E-state index contributed by atoms with van der Waals surface area (Å²) in [6.45, 7) is 8.66. The summed E-state index contributed by atoms with van der Waals surface area (Å²) < 4.78 is 26.3. The Morgan fingerprint density at radius 1 is 1.08 bits per heavy atom. The number of phenolic OH excluding ortho intramolecular Hbond substituents is 1. The van der Waals surface area contributed by atoms with Crippen molar-refractivity contribution in [1.29, 1.82) is 0 Å². The van der Waals surface area contributed by atoms with Crippen LogP contribution in [0.4, 0.5) is 15.9 Å². The van der Waals surface area contributed by atoms with Gasteiger partial charge in [0.15, 0.2) is 5.82 Å². The first kappa shape index (κ1) is 27.4. The lowest BCUT2D eigenvalue weighted by molar-refractivity contribution is -0.104. The quantitative estimate of drug-likeness (QED) is 0.280. The van der Waals surface area contributed by atoms with Crippen LogP contribution in [0.2, 0.25) is 5.02 Å². The minimum absolute atomic E-state index is 0.0867. The van der Waals surface area contributed by atoms with Crippen molar-refractivity contribution < 1.29 is 23.8 Å². The molecule has 0 unspecified atom stereocenters. The van der Waals surface area contributed by atoms with Crippen LogP contribution in [0.15, 0.2) is 24.4 Å². The van der Waals surface area contributed by atoms with Crippen LogP contribution in [0.25, 0.3) is 0 Å². The van der Waals surface area contributed by atoms with E-state index in [0.717, 1.165) is 88.8 Å². The summed E-state index contributed by atoms with van der Waals surface area (Å²) in [5.41, 5.74) is 2.04. The zero-order valence-corrected chi connectivity index (χ0v) is 22.7. The molecule has 2 saturated heterocycles. The van der Waals surface area contributed by atoms with Gasteiger partial charge in [-0.05, 0) is 18.9 Å². The molecule has 1 N–H and O–H groups in total. The Kier molecular flexibility index (Phi) is 9.00. The molecule has 0 radical (unpaired) electrons. The van der Waals surface area contributed by atoms with Crippen molar-refractivity contribution in [2.75, 3.05) is 82.0 Å². The lowest BCUT2D eigenvalue weighted by atomic mass is 10.0. The van der Waals surface area contributed by atoms with Crippen molar-refractivity contribution in [2.24, 2.45) is 0 Å². The van der Waals surface area contributed by atoms with E-state index < -0.39 is 5.82 Å². The van der Waals surface area contributed by atoms with Gasteiger partial charge in [-0.3, -0.25) is 9.69 Å². The van der Waals surface area contributed by atoms with Gasteiger partial charge in [0.25, 0.3) is 0 Å². The van der Waals surface area contributed by atoms with E-state index in [1.165, 1.54) is 18.2 Å². The van der Waals surface area contributed by atoms with Gasteiger partial charge >= 0.3 is 6.01 Å². The molecule has 1 aromatic heterocycles. The second kappa shape index (κ2) is 12.8. The number of benzene rings is 1. The number of piperazine rings is 1. The highest BCUT2D eigenvalue weighted by Gasteiger charge is 2.29. The number of ether oxygens (including phenoxy) is 2. The standard InChI is InChI=1S/C27H34ClFN6O4/c28-22-17-20(37)18-24(25(22)29)35-6-3-21-23(19-35)30-27(39-14-2-5-33-11-15-38-16-12-33)31-26(21)34-9-7-32(8-10-34)4-1-13-36/h1,4,13,17-18,37H,2-3,5-12,14-16,19H2. The zero-order valence-electron chi connectivity index (χ0n) is 21.9. The van der Waals surface area contributed by atoms with Crippen molar-refractivity contribution in [3.05, 3.63) is 46.5 Å². The van der Waals surface area contributed by atoms with Gasteiger partial charge < -0.3 is 29.3 Å². The molecule has 3 aliphatic heterocycles. The summed E-state index contributed by atoms with van der Waals surface area (Å²) in [7, 11) is 0.